The van der Waals surface area contributed by atoms with Crippen molar-refractivity contribution in [3.8, 4) is 56.1 Å². The lowest BCUT2D eigenvalue weighted by Crippen LogP contribution is -2.48. The van der Waals surface area contributed by atoms with Crippen LogP contribution in [-0.4, -0.2) is 220 Å². The SMILES string of the molecule is COCCOc1ccc(-c2n[nH]c3ccc(NC(=O)[C@]4(OC)CCN(CC(=O)N5CC=C(c6ccc(-c7ncccn7)cc6)CC5)C4)cc23)cc1F.COCCOc1ccc(-c2n[nH]c3ccc(NC(=O)[C@]4(OC)CCN(CC(=O)N5CC=C(c6ncc(-c7ncccn7)s6)CC5)C4)cc23)cc1F. The minimum Gasteiger partial charge on any atom is -0.488 e. The molecule has 0 bridgehead atoms. The van der Waals surface area contributed by atoms with Gasteiger partial charge in [0.2, 0.25) is 11.8 Å². The monoisotopic (exact) mass is 1420 g/mol. The maximum atomic E-state index is 14.8. The fourth-order valence-electron chi connectivity index (χ4n) is 13.1. The molecule has 2 saturated heterocycles. The number of amides is 4. The highest BCUT2D eigenvalue weighted by Crippen LogP contribution is 2.37. The quantitative estimate of drug-likeness (QED) is 0.0409. The Hall–Kier alpha value is -10.6. The number of hydrogen-bond acceptors (Lipinski definition) is 20. The summed E-state index contributed by atoms with van der Waals surface area (Å²) < 4.78 is 62.1. The number of rotatable bonds is 24. The number of ether oxygens (including phenoxy) is 6. The topological polar surface area (TPSA) is 282 Å². The third kappa shape index (κ3) is 16.2. The highest BCUT2D eigenvalue weighted by molar-refractivity contribution is 7.16. The molecule has 0 radical (unpaired) electrons. The lowest BCUT2D eigenvalue weighted by molar-refractivity contribution is -0.138. The first-order valence-corrected chi connectivity index (χ1v) is 34.6. The number of nitrogens with one attached hydrogen (secondary N) is 4. The molecule has 14 rings (SSSR count). The number of benzene rings is 5. The van der Waals surface area contributed by atoms with E-state index >= 15 is 0 Å². The molecule has 0 spiro atoms. The average molecular weight is 1420 g/mol. The van der Waals surface area contributed by atoms with Gasteiger partial charge in [0.1, 0.15) is 29.6 Å². The largest absolute Gasteiger partial charge is 0.488 e. The molecule has 4 amide bonds. The second-order valence-electron chi connectivity index (χ2n) is 25.3. The highest BCUT2D eigenvalue weighted by atomic mass is 32.1. The molecule has 4 aliphatic heterocycles. The number of fused-ring (bicyclic) bond motifs is 2. The first-order chi connectivity index (χ1) is 50.2. The van der Waals surface area contributed by atoms with Crippen LogP contribution < -0.4 is 20.1 Å². The molecule has 103 heavy (non-hydrogen) atoms. The molecule has 532 valence electrons. The maximum absolute atomic E-state index is 14.8. The maximum Gasteiger partial charge on any atom is 0.258 e. The predicted octanol–water partition coefficient (Wildman–Crippen LogP) is 9.85. The van der Waals surface area contributed by atoms with E-state index in [0.29, 0.717) is 128 Å². The zero-order valence-corrected chi connectivity index (χ0v) is 58.1. The molecule has 5 aromatic heterocycles. The molecule has 28 heteroatoms. The summed E-state index contributed by atoms with van der Waals surface area (Å²) in [6, 6.07) is 31.9. The summed E-state index contributed by atoms with van der Waals surface area (Å²) >= 11 is 1.54. The molecule has 4 N–H and O–H groups in total. The van der Waals surface area contributed by atoms with Crippen LogP contribution in [0.15, 0.2) is 152 Å². The Morgan fingerprint density at radius 2 is 1.00 bits per heavy atom. The van der Waals surface area contributed by atoms with Crippen LogP contribution >= 0.6 is 11.3 Å². The van der Waals surface area contributed by atoms with E-state index in [4.69, 9.17) is 28.4 Å². The summed E-state index contributed by atoms with van der Waals surface area (Å²) in [5.41, 5.74) is 6.88. The van der Waals surface area contributed by atoms with Crippen molar-refractivity contribution >= 4 is 79.3 Å². The van der Waals surface area contributed by atoms with Crippen molar-refractivity contribution in [2.24, 2.45) is 0 Å². The lowest BCUT2D eigenvalue weighted by atomic mass is 9.98. The van der Waals surface area contributed by atoms with Gasteiger partial charge in [-0.1, -0.05) is 36.4 Å². The normalized spacial score (nSPS) is 17.8. The minimum absolute atomic E-state index is 0.000860. The van der Waals surface area contributed by atoms with E-state index in [1.54, 1.807) is 117 Å². The Morgan fingerprint density at radius 3 is 1.46 bits per heavy atom. The van der Waals surface area contributed by atoms with E-state index in [0.717, 1.165) is 44.0 Å². The van der Waals surface area contributed by atoms with Gasteiger partial charge in [0, 0.05) is 151 Å². The van der Waals surface area contributed by atoms with Crippen LogP contribution in [0.5, 0.6) is 11.5 Å². The number of methoxy groups -OCH3 is 4. The molecule has 0 saturated carbocycles. The second-order valence-corrected chi connectivity index (χ2v) is 26.3. The summed E-state index contributed by atoms with van der Waals surface area (Å²) in [6.07, 6.45) is 15.2. The summed E-state index contributed by atoms with van der Waals surface area (Å²) in [5.74, 6) is -0.0159. The zero-order valence-electron chi connectivity index (χ0n) is 57.3. The Labute approximate surface area is 596 Å². The number of anilines is 2. The van der Waals surface area contributed by atoms with Crippen molar-refractivity contribution in [3.05, 3.63) is 175 Å². The van der Waals surface area contributed by atoms with E-state index in [9.17, 15) is 28.0 Å². The van der Waals surface area contributed by atoms with E-state index in [1.807, 2.05) is 43.9 Å². The molecule has 25 nitrogen and oxygen atoms in total. The number of aromatic nitrogens is 9. The molecule has 2 fully saturated rings. The number of carbonyl (C=O) groups excluding carboxylic acids is 4. The fraction of sp³-hybridized carbons (Fsp3) is 0.320. The number of H-pyrrole nitrogens is 2. The lowest BCUT2D eigenvalue weighted by Gasteiger charge is -2.30. The van der Waals surface area contributed by atoms with Crippen molar-refractivity contribution in [2.75, 3.05) is 131 Å². The molecule has 9 heterocycles. The molecule has 2 atom stereocenters. The number of hydrogen-bond donors (Lipinski definition) is 4. The third-order valence-corrected chi connectivity index (χ3v) is 19.9. The van der Waals surface area contributed by atoms with Crippen LogP contribution in [0, 0.1) is 11.6 Å². The van der Waals surface area contributed by atoms with Crippen molar-refractivity contribution < 1.29 is 56.4 Å². The van der Waals surface area contributed by atoms with Gasteiger partial charge < -0.3 is 48.9 Å². The number of carbonyl (C=O) groups is 4. The summed E-state index contributed by atoms with van der Waals surface area (Å²) in [5, 5.41) is 23.1. The van der Waals surface area contributed by atoms with Gasteiger partial charge in [-0.25, -0.2) is 33.7 Å². The Morgan fingerprint density at radius 1 is 0.534 bits per heavy atom. The van der Waals surface area contributed by atoms with Crippen LogP contribution in [0.1, 0.15) is 36.3 Å². The van der Waals surface area contributed by atoms with Crippen LogP contribution in [0.2, 0.25) is 0 Å². The van der Waals surface area contributed by atoms with Crippen LogP contribution in [0.25, 0.3) is 77.6 Å². The van der Waals surface area contributed by atoms with Gasteiger partial charge in [-0.05, 0) is 127 Å². The molecular weight excluding hydrogens is 1340 g/mol. The average Bonchev–Trinajstić information content (AvgIpc) is 1.68. The zero-order chi connectivity index (χ0) is 71.5. The molecule has 5 aromatic carbocycles. The van der Waals surface area contributed by atoms with Crippen LogP contribution in [-0.2, 0) is 38.1 Å². The number of likely N-dealkylation sites (tertiary alicyclic amines) is 2. The smallest absolute Gasteiger partial charge is 0.258 e. The fourth-order valence-corrected chi connectivity index (χ4v) is 14.0. The first-order valence-electron chi connectivity index (χ1n) is 33.7. The standard InChI is InChI=1S/C39H40FN7O5.C36H37FN8O5S/c1-50-20-21-52-34-11-8-29(22-32(34)40)36-31-23-30(9-10-33(31)44-45-36)43-38(49)39(51-2)14-19-46(25-39)24-35(48)47-17-12-27(13-18-47)26-4-6-28(7-5-26)37-41-15-3-16-42-37;1-48-16-17-50-29-7-4-24(18-27(29)37)32-26-19-25(5-6-28(26)42-43-32)41-35(47)36(49-2)10-15-44(22-36)21-31(46)45-13-8-23(9-14-45)34-40-20-30(51-34)33-38-11-3-12-39-33/h3-12,15-16,22-23H,13-14,17-21,24-25H2,1-2H3,(H,43,49)(H,44,45);3-8,11-12,18-20H,9-10,13-17,21-22H2,1-2H3,(H,41,47)(H,42,43)/t39-;36-/m00/s1. The Bertz CT molecular complexity index is 4750. The number of halogens is 2. The number of thiazole rings is 1. The highest BCUT2D eigenvalue weighted by Gasteiger charge is 2.47. The van der Waals surface area contributed by atoms with Gasteiger partial charge in [0.05, 0.1) is 42.2 Å². The van der Waals surface area contributed by atoms with Gasteiger partial charge in [-0.15, -0.1) is 11.3 Å². The van der Waals surface area contributed by atoms with Crippen molar-refractivity contribution in [1.82, 2.24) is 64.9 Å². The van der Waals surface area contributed by atoms with Gasteiger partial charge in [0.25, 0.3) is 11.8 Å². The molecular formula is C75H77F2N15O10S. The second kappa shape index (κ2) is 32.2. The molecule has 0 unspecified atom stereocenters. The summed E-state index contributed by atoms with van der Waals surface area (Å²) in [7, 11) is 6.15. The predicted molar refractivity (Wildman–Crippen MR) is 386 cm³/mol. The van der Waals surface area contributed by atoms with E-state index in [1.165, 1.54) is 31.9 Å². The van der Waals surface area contributed by atoms with Crippen LogP contribution in [0.3, 0.4) is 0 Å². The van der Waals surface area contributed by atoms with Gasteiger partial charge in [-0.2, -0.15) is 10.2 Å². The Balaban J connectivity index is 0.000000183. The van der Waals surface area contributed by atoms with E-state index in [2.05, 4.69) is 80.2 Å². The summed E-state index contributed by atoms with van der Waals surface area (Å²) in [6.45, 7) is 5.41. The molecule has 10 aromatic rings. The minimum atomic E-state index is -1.13. The van der Waals surface area contributed by atoms with Crippen molar-refractivity contribution in [1.29, 1.82) is 0 Å². The molecule has 4 aliphatic rings. The number of aromatic amines is 2. The van der Waals surface area contributed by atoms with Gasteiger partial charge in [-0.3, -0.25) is 39.2 Å². The third-order valence-electron chi connectivity index (χ3n) is 18.9. The molecule has 0 aliphatic carbocycles. The van der Waals surface area contributed by atoms with Crippen molar-refractivity contribution in [2.45, 2.75) is 36.9 Å². The van der Waals surface area contributed by atoms with Gasteiger partial charge in [0.15, 0.2) is 46.0 Å². The number of nitrogens with zero attached hydrogens (tertiary/aromatic N) is 11. The first kappa shape index (κ1) is 70.8. The van der Waals surface area contributed by atoms with Gasteiger partial charge >= 0.3 is 0 Å². The Kier molecular flexibility index (Phi) is 22.1. The van der Waals surface area contributed by atoms with E-state index < -0.39 is 22.8 Å². The van der Waals surface area contributed by atoms with Crippen molar-refractivity contribution in [3.63, 3.8) is 0 Å². The van der Waals surface area contributed by atoms with Crippen LogP contribution in [0.4, 0.5) is 20.2 Å². The van der Waals surface area contributed by atoms with E-state index in [-0.39, 0.29) is 74.5 Å². The summed E-state index contributed by atoms with van der Waals surface area (Å²) in [4.78, 5) is 84.5.